The molecule has 0 radical (unpaired) electrons. The third-order valence-electron chi connectivity index (χ3n) is 6.57. The van der Waals surface area contributed by atoms with E-state index in [1.54, 1.807) is 18.2 Å². The lowest BCUT2D eigenvalue weighted by Gasteiger charge is -2.31. The Bertz CT molecular complexity index is 992. The van der Waals surface area contributed by atoms with Crippen LogP contribution in [-0.2, 0) is 20.9 Å². The van der Waals surface area contributed by atoms with Crippen molar-refractivity contribution in [2.75, 3.05) is 19.7 Å². The zero-order valence-corrected chi connectivity index (χ0v) is 20.6. The Kier molecular flexibility index (Phi) is 8.51. The molecule has 1 amide bonds. The largest absolute Gasteiger partial charge is 0.481 e. The van der Waals surface area contributed by atoms with Crippen LogP contribution in [-0.4, -0.2) is 46.7 Å². The number of amides is 1. The number of piperidine rings is 1. The van der Waals surface area contributed by atoms with Gasteiger partial charge >= 0.3 is 5.97 Å². The van der Waals surface area contributed by atoms with Gasteiger partial charge in [-0.2, -0.15) is 0 Å². The summed E-state index contributed by atoms with van der Waals surface area (Å²) < 4.78 is 11.6. The van der Waals surface area contributed by atoms with Crippen LogP contribution in [0.15, 0.2) is 22.7 Å². The van der Waals surface area contributed by atoms with Crippen LogP contribution >= 0.6 is 23.2 Å². The second kappa shape index (κ2) is 11.6. The van der Waals surface area contributed by atoms with Gasteiger partial charge in [-0.15, -0.1) is 0 Å². The Morgan fingerprint density at radius 1 is 1.12 bits per heavy atom. The van der Waals surface area contributed by atoms with E-state index in [1.165, 1.54) is 0 Å². The lowest BCUT2D eigenvalue weighted by molar-refractivity contribution is -0.138. The molecule has 1 aliphatic heterocycles. The number of rotatable bonds is 11. The molecule has 4 rings (SSSR count). The standard InChI is InChI=1S/C25H30Cl2N2O5/c26-19-4-3-5-20(27)23(19)24-18(25(34-28-24)17-7-8-17)15-33-13-2-1-6-21(30)29-11-9-16(10-12-29)14-22(31)32/h3-5,16-17H,1-2,6-15H2,(H,31,32). The summed E-state index contributed by atoms with van der Waals surface area (Å²) in [5.41, 5.74) is 2.20. The van der Waals surface area contributed by atoms with Crippen LogP contribution in [0.5, 0.6) is 0 Å². The number of benzene rings is 1. The molecule has 1 saturated heterocycles. The molecule has 0 unspecified atom stereocenters. The van der Waals surface area contributed by atoms with Gasteiger partial charge in [-0.3, -0.25) is 9.59 Å². The smallest absolute Gasteiger partial charge is 0.303 e. The summed E-state index contributed by atoms with van der Waals surface area (Å²) in [7, 11) is 0. The van der Waals surface area contributed by atoms with Crippen LogP contribution in [0.1, 0.15) is 68.6 Å². The second-order valence-electron chi connectivity index (χ2n) is 9.18. The molecule has 7 nitrogen and oxygen atoms in total. The number of hydrogen-bond donors (Lipinski definition) is 1. The molecule has 2 heterocycles. The highest BCUT2D eigenvalue weighted by atomic mass is 35.5. The van der Waals surface area contributed by atoms with Crippen LogP contribution in [0.3, 0.4) is 0 Å². The maximum absolute atomic E-state index is 12.5. The van der Waals surface area contributed by atoms with Crippen LogP contribution in [0.2, 0.25) is 10.0 Å². The highest BCUT2D eigenvalue weighted by Crippen LogP contribution is 2.46. The topological polar surface area (TPSA) is 92.9 Å². The SMILES string of the molecule is O=C(O)CC1CCN(C(=O)CCCCOCc2c(-c3c(Cl)cccc3Cl)noc2C2CC2)CC1. The lowest BCUT2D eigenvalue weighted by Crippen LogP contribution is -2.38. The van der Waals surface area contributed by atoms with Crippen LogP contribution in [0.25, 0.3) is 11.3 Å². The van der Waals surface area contributed by atoms with Gasteiger partial charge in [0.15, 0.2) is 0 Å². The molecule has 2 aromatic rings. The predicted molar refractivity (Wildman–Crippen MR) is 129 cm³/mol. The number of hydrogen-bond acceptors (Lipinski definition) is 5. The van der Waals surface area contributed by atoms with Crippen molar-refractivity contribution in [2.24, 2.45) is 5.92 Å². The molecule has 1 saturated carbocycles. The fraction of sp³-hybridized carbons (Fsp3) is 0.560. The van der Waals surface area contributed by atoms with E-state index in [4.69, 9.17) is 37.6 Å². The number of likely N-dealkylation sites (tertiary alicyclic amines) is 1. The Labute approximate surface area is 209 Å². The Balaban J connectivity index is 1.23. The van der Waals surface area contributed by atoms with E-state index in [2.05, 4.69) is 5.16 Å². The summed E-state index contributed by atoms with van der Waals surface area (Å²) in [6, 6.07) is 5.36. The highest BCUT2D eigenvalue weighted by molar-refractivity contribution is 6.39. The van der Waals surface area contributed by atoms with Crippen molar-refractivity contribution in [3.8, 4) is 11.3 Å². The number of halogens is 2. The Morgan fingerprint density at radius 3 is 2.47 bits per heavy atom. The number of aliphatic carboxylic acids is 1. The second-order valence-corrected chi connectivity index (χ2v) is 9.99. The van der Waals surface area contributed by atoms with Crippen molar-refractivity contribution < 1.29 is 24.0 Å². The summed E-state index contributed by atoms with van der Waals surface area (Å²) in [4.78, 5) is 25.2. The molecule has 0 spiro atoms. The number of carboxylic acids is 1. The average Bonchev–Trinajstić information content (AvgIpc) is 3.57. The number of ether oxygens (including phenoxy) is 1. The van der Waals surface area contributed by atoms with Crippen molar-refractivity contribution in [1.29, 1.82) is 0 Å². The first kappa shape index (κ1) is 25.0. The van der Waals surface area contributed by atoms with Gasteiger partial charge in [-0.05, 0) is 56.6 Å². The van der Waals surface area contributed by atoms with Gasteiger partial charge in [-0.1, -0.05) is 34.4 Å². The minimum Gasteiger partial charge on any atom is -0.481 e. The quantitative estimate of drug-likeness (QED) is 0.378. The van der Waals surface area contributed by atoms with Gasteiger partial charge in [0.1, 0.15) is 11.5 Å². The number of unbranched alkanes of at least 4 members (excludes halogenated alkanes) is 1. The average molecular weight is 509 g/mol. The maximum Gasteiger partial charge on any atom is 0.303 e. The molecule has 2 fully saturated rings. The number of carbonyl (C=O) groups is 2. The zero-order chi connectivity index (χ0) is 24.1. The normalized spacial score (nSPS) is 16.7. The molecular weight excluding hydrogens is 479 g/mol. The van der Waals surface area contributed by atoms with Crippen molar-refractivity contribution in [3.05, 3.63) is 39.6 Å². The van der Waals surface area contributed by atoms with Crippen molar-refractivity contribution >= 4 is 35.1 Å². The van der Waals surface area contributed by atoms with E-state index in [1.807, 2.05) is 4.90 Å². The highest BCUT2D eigenvalue weighted by Gasteiger charge is 2.33. The lowest BCUT2D eigenvalue weighted by atomic mass is 9.93. The minimum absolute atomic E-state index is 0.138. The van der Waals surface area contributed by atoms with Gasteiger partial charge in [0, 0.05) is 49.6 Å². The van der Waals surface area contributed by atoms with Crippen LogP contribution < -0.4 is 0 Å². The summed E-state index contributed by atoms with van der Waals surface area (Å²) in [6.45, 7) is 2.19. The molecule has 0 atom stereocenters. The number of carboxylic acid groups (broad SMARTS) is 1. The summed E-state index contributed by atoms with van der Waals surface area (Å²) in [5.74, 6) is 0.783. The van der Waals surface area contributed by atoms with Crippen molar-refractivity contribution in [3.63, 3.8) is 0 Å². The fourth-order valence-corrected chi connectivity index (χ4v) is 5.07. The molecule has 34 heavy (non-hydrogen) atoms. The number of carbonyl (C=O) groups excluding carboxylic acids is 1. The molecule has 2 aliphatic rings. The zero-order valence-electron chi connectivity index (χ0n) is 19.1. The third kappa shape index (κ3) is 6.32. The van der Waals surface area contributed by atoms with Crippen molar-refractivity contribution in [2.45, 2.75) is 63.9 Å². The predicted octanol–water partition coefficient (Wildman–Crippen LogP) is 5.93. The van der Waals surface area contributed by atoms with Gasteiger partial charge in [0.05, 0.1) is 16.7 Å². The van der Waals surface area contributed by atoms with E-state index in [9.17, 15) is 9.59 Å². The summed E-state index contributed by atoms with van der Waals surface area (Å²) in [6.07, 6.45) is 5.87. The van der Waals surface area contributed by atoms with E-state index in [0.717, 1.165) is 49.8 Å². The summed E-state index contributed by atoms with van der Waals surface area (Å²) >= 11 is 12.8. The summed E-state index contributed by atoms with van der Waals surface area (Å²) in [5, 5.41) is 14.2. The number of aromatic nitrogens is 1. The Hall–Kier alpha value is -2.09. The number of nitrogens with zero attached hydrogens (tertiary/aromatic N) is 2. The molecule has 0 bridgehead atoms. The third-order valence-corrected chi connectivity index (χ3v) is 7.20. The first-order valence-electron chi connectivity index (χ1n) is 11.9. The van der Waals surface area contributed by atoms with Gasteiger partial charge in [-0.25, -0.2) is 0 Å². The Morgan fingerprint density at radius 2 is 1.82 bits per heavy atom. The van der Waals surface area contributed by atoms with Gasteiger partial charge in [0.2, 0.25) is 5.91 Å². The van der Waals surface area contributed by atoms with Gasteiger partial charge < -0.3 is 19.3 Å². The maximum atomic E-state index is 12.5. The molecule has 9 heteroatoms. The molecule has 1 aromatic heterocycles. The molecule has 184 valence electrons. The van der Waals surface area contributed by atoms with Crippen LogP contribution in [0, 0.1) is 5.92 Å². The minimum atomic E-state index is -0.762. The van der Waals surface area contributed by atoms with E-state index in [0.29, 0.717) is 59.9 Å². The molecule has 1 aromatic carbocycles. The van der Waals surface area contributed by atoms with E-state index >= 15 is 0 Å². The monoisotopic (exact) mass is 508 g/mol. The van der Waals surface area contributed by atoms with Crippen LogP contribution in [0.4, 0.5) is 0 Å². The molecule has 1 N–H and O–H groups in total. The fourth-order valence-electron chi connectivity index (χ4n) is 4.49. The van der Waals surface area contributed by atoms with Gasteiger partial charge in [0.25, 0.3) is 0 Å². The molecular formula is C25H30Cl2N2O5. The van der Waals surface area contributed by atoms with E-state index in [-0.39, 0.29) is 18.2 Å². The first-order chi connectivity index (χ1) is 16.4. The van der Waals surface area contributed by atoms with Crippen molar-refractivity contribution in [1.82, 2.24) is 10.1 Å². The molecule has 1 aliphatic carbocycles. The first-order valence-corrected chi connectivity index (χ1v) is 12.7. The van der Waals surface area contributed by atoms with E-state index < -0.39 is 5.97 Å².